The minimum absolute atomic E-state index is 0.398. The van der Waals surface area contributed by atoms with Gasteiger partial charge in [-0.25, -0.2) is 0 Å². The third kappa shape index (κ3) is 2.82. The van der Waals surface area contributed by atoms with Crippen LogP contribution in [0.2, 0.25) is 0 Å². The zero-order chi connectivity index (χ0) is 15.5. The van der Waals surface area contributed by atoms with Crippen molar-refractivity contribution in [2.45, 2.75) is 45.1 Å². The molecule has 22 heavy (non-hydrogen) atoms. The normalized spacial score (nSPS) is 15.5. The number of nitrogens with zero attached hydrogens (tertiary/aromatic N) is 5. The Balaban J connectivity index is 1.93. The van der Waals surface area contributed by atoms with E-state index in [0.717, 1.165) is 11.3 Å². The lowest BCUT2D eigenvalue weighted by Crippen LogP contribution is -2.34. The van der Waals surface area contributed by atoms with Gasteiger partial charge in [0.05, 0.1) is 5.69 Å². The topological polar surface area (TPSA) is 57.7 Å². The second-order valence-electron chi connectivity index (χ2n) is 6.02. The van der Waals surface area contributed by atoms with Crippen molar-refractivity contribution in [3.63, 3.8) is 0 Å². The molecule has 1 aliphatic rings. The molecule has 1 aliphatic carbocycles. The molecule has 0 N–H and O–H groups in total. The van der Waals surface area contributed by atoms with Crippen LogP contribution in [0.4, 0.5) is 5.82 Å². The molecular weight excluding hydrogens is 274 g/mol. The lowest BCUT2D eigenvalue weighted by molar-refractivity contribution is 0.425. The zero-order valence-electron chi connectivity index (χ0n) is 13.2. The first-order chi connectivity index (χ1) is 10.7. The maximum absolute atomic E-state index is 9.39. The van der Waals surface area contributed by atoms with Crippen LogP contribution in [0.25, 0.3) is 5.69 Å². The van der Waals surface area contributed by atoms with Gasteiger partial charge in [-0.15, -0.1) is 15.0 Å². The first kappa shape index (κ1) is 14.6. The van der Waals surface area contributed by atoms with Gasteiger partial charge in [0, 0.05) is 13.1 Å². The van der Waals surface area contributed by atoms with Crippen molar-refractivity contribution >= 4 is 5.82 Å². The molecule has 0 unspecified atom stereocenters. The molecule has 5 heteroatoms. The Bertz CT molecular complexity index is 691. The van der Waals surface area contributed by atoms with Gasteiger partial charge in [0.25, 0.3) is 0 Å². The molecule has 1 fully saturated rings. The van der Waals surface area contributed by atoms with Gasteiger partial charge in [0.1, 0.15) is 6.07 Å². The number of aryl methyl sites for hydroxylation is 1. The van der Waals surface area contributed by atoms with Crippen LogP contribution in [0.15, 0.2) is 24.3 Å². The summed E-state index contributed by atoms with van der Waals surface area (Å²) in [6.45, 7) is 2.03. The van der Waals surface area contributed by atoms with Crippen LogP contribution in [0, 0.1) is 18.3 Å². The van der Waals surface area contributed by atoms with Crippen LogP contribution in [-0.4, -0.2) is 28.1 Å². The largest absolute Gasteiger partial charge is 0.353 e. The minimum Gasteiger partial charge on any atom is -0.353 e. The van der Waals surface area contributed by atoms with Gasteiger partial charge >= 0.3 is 0 Å². The Morgan fingerprint density at radius 1 is 1.23 bits per heavy atom. The first-order valence-corrected chi connectivity index (χ1v) is 7.86. The van der Waals surface area contributed by atoms with Gasteiger partial charge in [-0.2, -0.15) is 5.26 Å². The average molecular weight is 295 g/mol. The van der Waals surface area contributed by atoms with E-state index in [1.807, 2.05) is 38.2 Å². The van der Waals surface area contributed by atoms with Crippen LogP contribution in [-0.2, 0) is 0 Å². The monoisotopic (exact) mass is 295 g/mol. The Labute approximate surface area is 131 Å². The lowest BCUT2D eigenvalue weighted by atomic mass is 9.94. The molecule has 0 atom stereocenters. The highest BCUT2D eigenvalue weighted by Gasteiger charge is 2.24. The highest BCUT2D eigenvalue weighted by molar-refractivity contribution is 5.50. The molecule has 114 valence electrons. The van der Waals surface area contributed by atoms with Crippen molar-refractivity contribution in [3.8, 4) is 11.8 Å². The smallest absolute Gasteiger partial charge is 0.207 e. The molecule has 1 aromatic heterocycles. The van der Waals surface area contributed by atoms with E-state index in [2.05, 4.69) is 21.2 Å². The van der Waals surface area contributed by atoms with Crippen molar-refractivity contribution in [2.24, 2.45) is 0 Å². The summed E-state index contributed by atoms with van der Waals surface area (Å²) in [6.07, 6.45) is 6.15. The Morgan fingerprint density at radius 2 is 2.00 bits per heavy atom. The van der Waals surface area contributed by atoms with Gasteiger partial charge in [0.15, 0.2) is 5.82 Å². The summed E-state index contributed by atoms with van der Waals surface area (Å²) in [6, 6.07) is 10.6. The Kier molecular flexibility index (Phi) is 4.10. The van der Waals surface area contributed by atoms with Gasteiger partial charge in [-0.3, -0.25) is 0 Å². The molecule has 1 aromatic carbocycles. The molecule has 0 spiro atoms. The fourth-order valence-electron chi connectivity index (χ4n) is 3.12. The number of anilines is 1. The zero-order valence-corrected chi connectivity index (χ0v) is 13.2. The highest BCUT2D eigenvalue weighted by atomic mass is 15.5. The summed E-state index contributed by atoms with van der Waals surface area (Å²) >= 11 is 0. The number of rotatable bonds is 3. The van der Waals surface area contributed by atoms with Crippen molar-refractivity contribution < 1.29 is 0 Å². The molecule has 0 aliphatic heterocycles. The number of benzene rings is 1. The number of nitriles is 1. The van der Waals surface area contributed by atoms with E-state index >= 15 is 0 Å². The quantitative estimate of drug-likeness (QED) is 0.872. The van der Waals surface area contributed by atoms with E-state index in [9.17, 15) is 5.26 Å². The Hall–Kier alpha value is -2.35. The van der Waals surface area contributed by atoms with E-state index < -0.39 is 0 Å². The predicted molar refractivity (Wildman–Crippen MR) is 86.1 cm³/mol. The van der Waals surface area contributed by atoms with E-state index in [-0.39, 0.29) is 0 Å². The molecule has 0 bridgehead atoms. The summed E-state index contributed by atoms with van der Waals surface area (Å²) in [5.41, 5.74) is 2.44. The van der Waals surface area contributed by atoms with E-state index in [0.29, 0.717) is 17.6 Å². The van der Waals surface area contributed by atoms with Crippen molar-refractivity contribution in [1.29, 1.82) is 5.26 Å². The van der Waals surface area contributed by atoms with Gasteiger partial charge in [-0.1, -0.05) is 31.4 Å². The van der Waals surface area contributed by atoms with E-state index in [1.165, 1.54) is 32.1 Å². The fourth-order valence-corrected chi connectivity index (χ4v) is 3.12. The van der Waals surface area contributed by atoms with Crippen molar-refractivity contribution in [3.05, 3.63) is 35.5 Å². The van der Waals surface area contributed by atoms with E-state index in [4.69, 9.17) is 0 Å². The predicted octanol–water partition coefficient (Wildman–Crippen LogP) is 3.22. The second-order valence-corrected chi connectivity index (χ2v) is 6.02. The third-order valence-electron chi connectivity index (χ3n) is 4.39. The number of hydrogen-bond acceptors (Lipinski definition) is 4. The van der Waals surface area contributed by atoms with Gasteiger partial charge in [0.2, 0.25) is 5.69 Å². The number of hydrogen-bond donors (Lipinski definition) is 0. The summed E-state index contributed by atoms with van der Waals surface area (Å²) in [4.78, 5) is 3.71. The van der Waals surface area contributed by atoms with E-state index in [1.54, 1.807) is 4.80 Å². The van der Waals surface area contributed by atoms with Crippen LogP contribution in [0.3, 0.4) is 0 Å². The standard InChI is InChI=1S/C17H21N5/c1-13-7-6-10-15(11-13)22-19-16(12-18)17(20-22)21(2)14-8-4-3-5-9-14/h6-7,10-11,14H,3-5,8-9H2,1-2H3. The van der Waals surface area contributed by atoms with Crippen LogP contribution >= 0.6 is 0 Å². The van der Waals surface area contributed by atoms with Gasteiger partial charge < -0.3 is 4.90 Å². The Morgan fingerprint density at radius 3 is 2.68 bits per heavy atom. The van der Waals surface area contributed by atoms with Crippen LogP contribution < -0.4 is 4.90 Å². The fraction of sp³-hybridized carbons (Fsp3) is 0.471. The molecule has 1 heterocycles. The van der Waals surface area contributed by atoms with Crippen molar-refractivity contribution in [1.82, 2.24) is 15.0 Å². The maximum Gasteiger partial charge on any atom is 0.207 e. The van der Waals surface area contributed by atoms with Crippen LogP contribution in [0.5, 0.6) is 0 Å². The van der Waals surface area contributed by atoms with Crippen LogP contribution in [0.1, 0.15) is 43.4 Å². The maximum atomic E-state index is 9.39. The molecular formula is C17H21N5. The van der Waals surface area contributed by atoms with Gasteiger partial charge in [-0.05, 0) is 37.5 Å². The minimum atomic E-state index is 0.398. The second kappa shape index (κ2) is 6.18. The molecule has 0 radical (unpaired) electrons. The first-order valence-electron chi connectivity index (χ1n) is 7.86. The molecule has 1 saturated carbocycles. The summed E-state index contributed by atoms with van der Waals surface area (Å²) in [5.74, 6) is 0.691. The number of aromatic nitrogens is 3. The molecule has 5 nitrogen and oxygen atoms in total. The summed E-state index contributed by atoms with van der Waals surface area (Å²) in [7, 11) is 2.03. The molecule has 0 saturated heterocycles. The summed E-state index contributed by atoms with van der Waals surface area (Å²) < 4.78 is 0. The molecule has 0 amide bonds. The highest BCUT2D eigenvalue weighted by Crippen LogP contribution is 2.26. The molecule has 2 aromatic rings. The average Bonchev–Trinajstić information content (AvgIpc) is 2.99. The SMILES string of the molecule is Cc1cccc(-n2nc(C#N)c(N(C)C3CCCCC3)n2)c1. The molecule has 3 rings (SSSR count). The van der Waals surface area contributed by atoms with Crippen molar-refractivity contribution in [2.75, 3.05) is 11.9 Å². The lowest BCUT2D eigenvalue weighted by Gasteiger charge is -2.31. The third-order valence-corrected chi connectivity index (χ3v) is 4.39. The summed E-state index contributed by atoms with van der Waals surface area (Å²) in [5, 5.41) is 18.3.